The second-order valence-corrected chi connectivity index (χ2v) is 5.09. The molecule has 2 unspecified atom stereocenters. The van der Waals surface area contributed by atoms with E-state index in [9.17, 15) is 4.79 Å². The van der Waals surface area contributed by atoms with E-state index in [2.05, 4.69) is 12.2 Å². The number of carbonyl (C=O) groups is 1. The molecule has 0 aliphatic heterocycles. The molecule has 1 N–H and O–H groups in total. The number of rotatable bonds is 4. The molecule has 1 aliphatic rings. The van der Waals surface area contributed by atoms with Crippen molar-refractivity contribution in [2.75, 3.05) is 13.7 Å². The second kappa shape index (κ2) is 4.97. The summed E-state index contributed by atoms with van der Waals surface area (Å²) in [5.74, 6) is 1.39. The topological polar surface area (TPSA) is 38.3 Å². The van der Waals surface area contributed by atoms with E-state index in [4.69, 9.17) is 4.74 Å². The molecule has 15 heavy (non-hydrogen) atoms. The van der Waals surface area contributed by atoms with Crippen molar-refractivity contribution >= 4 is 5.91 Å². The summed E-state index contributed by atoms with van der Waals surface area (Å²) in [6.45, 7) is 6.65. The van der Waals surface area contributed by atoms with E-state index in [-0.39, 0.29) is 5.91 Å². The summed E-state index contributed by atoms with van der Waals surface area (Å²) in [5, 5.41) is 2.98. The molecular formula is C12H23NO2. The second-order valence-electron chi connectivity index (χ2n) is 5.09. The Labute approximate surface area is 92.6 Å². The first-order valence-electron chi connectivity index (χ1n) is 5.81. The van der Waals surface area contributed by atoms with Gasteiger partial charge in [0.25, 0.3) is 5.91 Å². The van der Waals surface area contributed by atoms with Crippen molar-refractivity contribution in [3.8, 4) is 0 Å². The van der Waals surface area contributed by atoms with Gasteiger partial charge in [0.15, 0.2) is 0 Å². The van der Waals surface area contributed by atoms with Crippen molar-refractivity contribution in [1.29, 1.82) is 0 Å². The van der Waals surface area contributed by atoms with Gasteiger partial charge in [-0.05, 0) is 32.1 Å². The highest BCUT2D eigenvalue weighted by atomic mass is 16.5. The van der Waals surface area contributed by atoms with Gasteiger partial charge in [-0.25, -0.2) is 0 Å². The number of amides is 1. The summed E-state index contributed by atoms with van der Waals surface area (Å²) >= 11 is 0. The van der Waals surface area contributed by atoms with Crippen molar-refractivity contribution in [3.63, 3.8) is 0 Å². The molecule has 1 aliphatic carbocycles. The van der Waals surface area contributed by atoms with Gasteiger partial charge in [0.1, 0.15) is 5.60 Å². The molecule has 0 spiro atoms. The average Bonchev–Trinajstić information content (AvgIpc) is 2.60. The molecule has 2 atom stereocenters. The molecule has 1 rings (SSSR count). The van der Waals surface area contributed by atoms with Crippen molar-refractivity contribution in [2.24, 2.45) is 11.8 Å². The summed E-state index contributed by atoms with van der Waals surface area (Å²) in [5.41, 5.74) is -0.707. The smallest absolute Gasteiger partial charge is 0.251 e. The SMILES string of the molecule is COC(C)(C)C(=O)NCC1CCCC1C. The molecule has 1 amide bonds. The first-order valence-corrected chi connectivity index (χ1v) is 5.81. The third-order valence-corrected chi connectivity index (χ3v) is 3.62. The van der Waals surface area contributed by atoms with Gasteiger partial charge in [-0.3, -0.25) is 4.79 Å². The molecular weight excluding hydrogens is 190 g/mol. The Bertz CT molecular complexity index is 226. The molecule has 1 saturated carbocycles. The van der Waals surface area contributed by atoms with Crippen LogP contribution in [0.5, 0.6) is 0 Å². The fourth-order valence-electron chi connectivity index (χ4n) is 2.05. The molecule has 0 radical (unpaired) electrons. The molecule has 88 valence electrons. The molecule has 0 heterocycles. The minimum Gasteiger partial charge on any atom is -0.369 e. The van der Waals surface area contributed by atoms with E-state index in [1.54, 1.807) is 21.0 Å². The summed E-state index contributed by atoms with van der Waals surface area (Å²) in [7, 11) is 1.57. The predicted molar refractivity (Wildman–Crippen MR) is 60.6 cm³/mol. The average molecular weight is 213 g/mol. The van der Waals surface area contributed by atoms with E-state index in [0.717, 1.165) is 12.5 Å². The molecule has 0 aromatic rings. The third kappa shape index (κ3) is 3.20. The van der Waals surface area contributed by atoms with E-state index < -0.39 is 5.60 Å². The maximum absolute atomic E-state index is 11.7. The van der Waals surface area contributed by atoms with Crippen LogP contribution in [0.1, 0.15) is 40.0 Å². The lowest BCUT2D eigenvalue weighted by atomic mass is 9.98. The lowest BCUT2D eigenvalue weighted by Gasteiger charge is -2.24. The van der Waals surface area contributed by atoms with Crippen molar-refractivity contribution < 1.29 is 9.53 Å². The molecule has 0 aromatic heterocycles. The van der Waals surface area contributed by atoms with E-state index >= 15 is 0 Å². The fourth-order valence-corrected chi connectivity index (χ4v) is 2.05. The summed E-state index contributed by atoms with van der Waals surface area (Å²) in [4.78, 5) is 11.7. The monoisotopic (exact) mass is 213 g/mol. The van der Waals surface area contributed by atoms with Crippen LogP contribution in [0.2, 0.25) is 0 Å². The third-order valence-electron chi connectivity index (χ3n) is 3.62. The van der Waals surface area contributed by atoms with Gasteiger partial charge in [-0.1, -0.05) is 19.8 Å². The van der Waals surface area contributed by atoms with Gasteiger partial charge in [0.2, 0.25) is 0 Å². The zero-order valence-corrected chi connectivity index (χ0v) is 10.3. The van der Waals surface area contributed by atoms with Crippen LogP contribution in [0.3, 0.4) is 0 Å². The summed E-state index contributed by atoms with van der Waals surface area (Å²) in [6, 6.07) is 0. The lowest BCUT2D eigenvalue weighted by Crippen LogP contribution is -2.45. The van der Waals surface area contributed by atoms with E-state index in [1.165, 1.54) is 19.3 Å². The Hall–Kier alpha value is -0.570. The molecule has 3 heteroatoms. The van der Waals surface area contributed by atoms with Gasteiger partial charge >= 0.3 is 0 Å². The minimum absolute atomic E-state index is 0.0101. The normalized spacial score (nSPS) is 26.7. The Morgan fingerprint density at radius 3 is 2.60 bits per heavy atom. The number of hydrogen-bond acceptors (Lipinski definition) is 2. The number of ether oxygens (including phenoxy) is 1. The number of hydrogen-bond donors (Lipinski definition) is 1. The van der Waals surface area contributed by atoms with E-state index in [0.29, 0.717) is 5.92 Å². The van der Waals surface area contributed by atoms with Crippen LogP contribution in [0.4, 0.5) is 0 Å². The Morgan fingerprint density at radius 1 is 1.47 bits per heavy atom. The van der Waals surface area contributed by atoms with Crippen LogP contribution in [-0.4, -0.2) is 25.2 Å². The summed E-state index contributed by atoms with van der Waals surface area (Å²) in [6.07, 6.45) is 3.85. The first kappa shape index (κ1) is 12.5. The lowest BCUT2D eigenvalue weighted by molar-refractivity contribution is -0.139. The first-order chi connectivity index (χ1) is 6.97. The van der Waals surface area contributed by atoms with Gasteiger partial charge < -0.3 is 10.1 Å². The van der Waals surface area contributed by atoms with Crippen LogP contribution in [0.15, 0.2) is 0 Å². The molecule has 0 saturated heterocycles. The maximum atomic E-state index is 11.7. The highest BCUT2D eigenvalue weighted by Gasteiger charge is 2.29. The predicted octanol–water partition coefficient (Wildman–Crippen LogP) is 1.96. The maximum Gasteiger partial charge on any atom is 0.251 e. The van der Waals surface area contributed by atoms with Crippen LogP contribution < -0.4 is 5.32 Å². The van der Waals surface area contributed by atoms with Crippen LogP contribution in [-0.2, 0) is 9.53 Å². The van der Waals surface area contributed by atoms with Crippen LogP contribution >= 0.6 is 0 Å². The van der Waals surface area contributed by atoms with Crippen molar-refractivity contribution in [2.45, 2.75) is 45.6 Å². The Morgan fingerprint density at radius 2 is 2.13 bits per heavy atom. The Kier molecular flexibility index (Phi) is 4.14. The largest absolute Gasteiger partial charge is 0.369 e. The summed E-state index contributed by atoms with van der Waals surface area (Å²) < 4.78 is 5.13. The quantitative estimate of drug-likeness (QED) is 0.775. The van der Waals surface area contributed by atoms with Gasteiger partial charge in [0.05, 0.1) is 0 Å². The van der Waals surface area contributed by atoms with Gasteiger partial charge in [-0.15, -0.1) is 0 Å². The fraction of sp³-hybridized carbons (Fsp3) is 0.917. The minimum atomic E-state index is -0.707. The van der Waals surface area contributed by atoms with Crippen molar-refractivity contribution in [1.82, 2.24) is 5.32 Å². The molecule has 3 nitrogen and oxygen atoms in total. The Balaban J connectivity index is 2.34. The van der Waals surface area contributed by atoms with Gasteiger partial charge in [0, 0.05) is 13.7 Å². The number of nitrogens with one attached hydrogen (secondary N) is 1. The highest BCUT2D eigenvalue weighted by Crippen LogP contribution is 2.30. The molecule has 1 fully saturated rings. The van der Waals surface area contributed by atoms with Crippen LogP contribution in [0.25, 0.3) is 0 Å². The standard InChI is InChI=1S/C12H23NO2/c1-9-6-5-7-10(9)8-13-11(14)12(2,3)15-4/h9-10H,5-8H2,1-4H3,(H,13,14). The zero-order valence-electron chi connectivity index (χ0n) is 10.3. The highest BCUT2D eigenvalue weighted by molar-refractivity contribution is 5.84. The number of methoxy groups -OCH3 is 1. The van der Waals surface area contributed by atoms with Crippen molar-refractivity contribution in [3.05, 3.63) is 0 Å². The zero-order chi connectivity index (χ0) is 11.5. The van der Waals surface area contributed by atoms with E-state index in [1.807, 2.05) is 0 Å². The number of carbonyl (C=O) groups excluding carboxylic acids is 1. The van der Waals surface area contributed by atoms with Crippen LogP contribution in [0, 0.1) is 11.8 Å². The van der Waals surface area contributed by atoms with Gasteiger partial charge in [-0.2, -0.15) is 0 Å². The molecule has 0 aromatic carbocycles. The molecule has 0 bridgehead atoms.